The summed E-state index contributed by atoms with van der Waals surface area (Å²) in [6.07, 6.45) is 2.20. The standard InChI is InChI=1S/C10H12FNO.C10H13N/c1-12-10(13)6-5-8-3-2-4-9(11)7-8;1-11-7-6-9-4-2-3-5-10(9)8-11/h2-4,7H,5-6H2,1H3,(H,12,13);2-5H,6-8H2,1H3. The fourth-order valence-electron chi connectivity index (χ4n) is 2.71. The second-order valence-corrected chi connectivity index (χ2v) is 6.06. The molecule has 2 aromatic rings. The van der Waals surface area contributed by atoms with Gasteiger partial charge in [-0.05, 0) is 48.7 Å². The Bertz CT molecular complexity index is 672. The second kappa shape index (κ2) is 9.18. The van der Waals surface area contributed by atoms with E-state index in [2.05, 4.69) is 41.5 Å². The quantitative estimate of drug-likeness (QED) is 0.938. The van der Waals surface area contributed by atoms with E-state index < -0.39 is 0 Å². The first-order valence-corrected chi connectivity index (χ1v) is 8.29. The maximum atomic E-state index is 12.7. The van der Waals surface area contributed by atoms with Crippen LogP contribution in [-0.4, -0.2) is 31.4 Å². The molecule has 1 heterocycles. The van der Waals surface area contributed by atoms with Crippen LogP contribution in [0.5, 0.6) is 0 Å². The van der Waals surface area contributed by atoms with Crippen LogP contribution in [0.25, 0.3) is 0 Å². The number of nitrogens with zero attached hydrogens (tertiary/aromatic N) is 1. The lowest BCUT2D eigenvalue weighted by Gasteiger charge is -2.24. The van der Waals surface area contributed by atoms with Gasteiger partial charge in [0, 0.05) is 26.6 Å². The van der Waals surface area contributed by atoms with Crippen LogP contribution in [0.2, 0.25) is 0 Å². The highest BCUT2D eigenvalue weighted by Crippen LogP contribution is 2.16. The van der Waals surface area contributed by atoms with Crippen LogP contribution in [0.4, 0.5) is 4.39 Å². The third-order valence-electron chi connectivity index (χ3n) is 4.13. The molecule has 128 valence electrons. The van der Waals surface area contributed by atoms with Gasteiger partial charge in [0.05, 0.1) is 0 Å². The second-order valence-electron chi connectivity index (χ2n) is 6.06. The Kier molecular flexibility index (Phi) is 6.94. The normalized spacial score (nSPS) is 13.5. The van der Waals surface area contributed by atoms with Gasteiger partial charge in [0.15, 0.2) is 0 Å². The van der Waals surface area contributed by atoms with Crippen molar-refractivity contribution >= 4 is 5.91 Å². The summed E-state index contributed by atoms with van der Waals surface area (Å²) in [6, 6.07) is 15.0. The summed E-state index contributed by atoms with van der Waals surface area (Å²) >= 11 is 0. The molecule has 1 aliphatic heterocycles. The van der Waals surface area contributed by atoms with Gasteiger partial charge in [0.2, 0.25) is 5.91 Å². The van der Waals surface area contributed by atoms with Crippen LogP contribution in [0, 0.1) is 5.82 Å². The first-order valence-electron chi connectivity index (χ1n) is 8.29. The predicted molar refractivity (Wildman–Crippen MR) is 95.3 cm³/mol. The number of benzene rings is 2. The van der Waals surface area contributed by atoms with E-state index in [0.29, 0.717) is 12.8 Å². The molecule has 0 unspecified atom stereocenters. The van der Waals surface area contributed by atoms with E-state index in [1.165, 1.54) is 36.2 Å². The average molecular weight is 328 g/mol. The molecule has 0 saturated heterocycles. The highest BCUT2D eigenvalue weighted by molar-refractivity contribution is 5.75. The number of carbonyl (C=O) groups excluding carboxylic acids is 1. The van der Waals surface area contributed by atoms with Crippen LogP contribution in [0.3, 0.4) is 0 Å². The summed E-state index contributed by atoms with van der Waals surface area (Å²) in [7, 11) is 3.77. The number of aryl methyl sites for hydroxylation is 1. The lowest BCUT2D eigenvalue weighted by molar-refractivity contribution is -0.120. The van der Waals surface area contributed by atoms with E-state index in [4.69, 9.17) is 0 Å². The number of hydrogen-bond acceptors (Lipinski definition) is 2. The van der Waals surface area contributed by atoms with E-state index in [1.54, 1.807) is 13.1 Å². The molecule has 0 aromatic heterocycles. The molecule has 4 heteroatoms. The van der Waals surface area contributed by atoms with Crippen molar-refractivity contribution in [2.24, 2.45) is 0 Å². The maximum Gasteiger partial charge on any atom is 0.220 e. The van der Waals surface area contributed by atoms with Crippen molar-refractivity contribution in [1.29, 1.82) is 0 Å². The zero-order valence-electron chi connectivity index (χ0n) is 14.4. The predicted octanol–water partition coefficient (Wildman–Crippen LogP) is 3.18. The monoisotopic (exact) mass is 328 g/mol. The number of rotatable bonds is 3. The minimum atomic E-state index is -0.255. The molecule has 1 aliphatic rings. The maximum absolute atomic E-state index is 12.7. The molecule has 0 atom stereocenters. The van der Waals surface area contributed by atoms with E-state index in [1.807, 2.05) is 6.07 Å². The smallest absolute Gasteiger partial charge is 0.220 e. The zero-order valence-corrected chi connectivity index (χ0v) is 14.4. The third kappa shape index (κ3) is 5.78. The molecule has 0 aliphatic carbocycles. The van der Waals surface area contributed by atoms with E-state index in [0.717, 1.165) is 12.1 Å². The zero-order chi connectivity index (χ0) is 17.4. The van der Waals surface area contributed by atoms with E-state index in [9.17, 15) is 9.18 Å². The van der Waals surface area contributed by atoms with E-state index >= 15 is 0 Å². The highest BCUT2D eigenvalue weighted by Gasteiger charge is 2.10. The molecule has 3 rings (SSSR count). The largest absolute Gasteiger partial charge is 0.359 e. The minimum Gasteiger partial charge on any atom is -0.359 e. The molecule has 3 nitrogen and oxygen atoms in total. The number of hydrogen-bond donors (Lipinski definition) is 1. The Morgan fingerprint density at radius 3 is 2.62 bits per heavy atom. The van der Waals surface area contributed by atoms with Gasteiger partial charge in [-0.2, -0.15) is 0 Å². The summed E-state index contributed by atoms with van der Waals surface area (Å²) in [5.74, 6) is -0.279. The molecule has 24 heavy (non-hydrogen) atoms. The molecular formula is C20H25FN2O. The molecular weight excluding hydrogens is 303 g/mol. The minimum absolute atomic E-state index is 0.0238. The fraction of sp³-hybridized carbons (Fsp3) is 0.350. The summed E-state index contributed by atoms with van der Waals surface area (Å²) < 4.78 is 12.7. The SMILES string of the molecule is CN1CCc2ccccc2C1.CNC(=O)CCc1cccc(F)c1. The van der Waals surface area contributed by atoms with Gasteiger partial charge in [-0.15, -0.1) is 0 Å². The molecule has 0 fully saturated rings. The van der Waals surface area contributed by atoms with Crippen LogP contribution in [-0.2, 0) is 24.2 Å². The van der Waals surface area contributed by atoms with Gasteiger partial charge < -0.3 is 10.2 Å². The number of likely N-dealkylation sites (N-methyl/N-ethyl adjacent to an activating group) is 1. The van der Waals surface area contributed by atoms with Gasteiger partial charge in [0.1, 0.15) is 5.82 Å². The van der Waals surface area contributed by atoms with Crippen LogP contribution < -0.4 is 5.32 Å². The molecule has 0 radical (unpaired) electrons. The first kappa shape index (κ1) is 18.1. The highest BCUT2D eigenvalue weighted by atomic mass is 19.1. The van der Waals surface area contributed by atoms with E-state index in [-0.39, 0.29) is 11.7 Å². The fourth-order valence-corrected chi connectivity index (χ4v) is 2.71. The molecule has 0 bridgehead atoms. The Morgan fingerprint density at radius 2 is 1.92 bits per heavy atom. The topological polar surface area (TPSA) is 32.3 Å². The van der Waals surface area contributed by atoms with Crippen molar-refractivity contribution in [3.63, 3.8) is 0 Å². The average Bonchev–Trinajstić information content (AvgIpc) is 2.60. The van der Waals surface area contributed by atoms with Crippen LogP contribution >= 0.6 is 0 Å². The number of halogens is 1. The first-order chi connectivity index (χ1) is 11.6. The summed E-state index contributed by atoms with van der Waals surface area (Å²) in [6.45, 7) is 2.33. The Balaban J connectivity index is 0.000000175. The van der Waals surface area contributed by atoms with Gasteiger partial charge in [-0.3, -0.25) is 4.79 Å². The number of fused-ring (bicyclic) bond motifs is 1. The Morgan fingerprint density at radius 1 is 1.17 bits per heavy atom. The summed E-state index contributed by atoms with van der Waals surface area (Å²) in [5, 5.41) is 2.52. The van der Waals surface area contributed by atoms with Crippen LogP contribution in [0.15, 0.2) is 48.5 Å². The van der Waals surface area contributed by atoms with Gasteiger partial charge in [-0.1, -0.05) is 36.4 Å². The number of nitrogens with one attached hydrogen (secondary N) is 1. The van der Waals surface area contributed by atoms with Crippen LogP contribution in [0.1, 0.15) is 23.1 Å². The molecule has 0 saturated carbocycles. The molecule has 2 aromatic carbocycles. The summed E-state index contributed by atoms with van der Waals surface area (Å²) in [5.41, 5.74) is 3.88. The van der Waals surface area contributed by atoms with Crippen molar-refractivity contribution in [1.82, 2.24) is 10.2 Å². The Labute approximate surface area is 143 Å². The Hall–Kier alpha value is -2.20. The lowest BCUT2D eigenvalue weighted by Crippen LogP contribution is -2.26. The number of amides is 1. The molecule has 1 amide bonds. The van der Waals surface area contributed by atoms with Crippen molar-refractivity contribution in [3.8, 4) is 0 Å². The third-order valence-corrected chi connectivity index (χ3v) is 4.13. The molecule has 1 N–H and O–H groups in total. The summed E-state index contributed by atoms with van der Waals surface area (Å²) in [4.78, 5) is 13.2. The van der Waals surface area contributed by atoms with Crippen molar-refractivity contribution in [2.75, 3.05) is 20.6 Å². The van der Waals surface area contributed by atoms with Gasteiger partial charge >= 0.3 is 0 Å². The number of carbonyl (C=O) groups is 1. The van der Waals surface area contributed by atoms with Crippen molar-refractivity contribution in [3.05, 3.63) is 71.0 Å². The van der Waals surface area contributed by atoms with Crippen molar-refractivity contribution < 1.29 is 9.18 Å². The lowest BCUT2D eigenvalue weighted by atomic mass is 10.0. The van der Waals surface area contributed by atoms with Gasteiger partial charge in [-0.25, -0.2) is 4.39 Å². The van der Waals surface area contributed by atoms with Crippen molar-refractivity contribution in [2.45, 2.75) is 25.8 Å². The molecule has 0 spiro atoms. The van der Waals surface area contributed by atoms with Gasteiger partial charge in [0.25, 0.3) is 0 Å².